The number of carbonyl (C=O) groups is 3. The molecule has 0 saturated carbocycles. The van der Waals surface area contributed by atoms with Gasteiger partial charge in [0.05, 0.1) is 18.2 Å². The number of hydrogen-bond acceptors (Lipinski definition) is 4. The van der Waals surface area contributed by atoms with Gasteiger partial charge in [-0.15, -0.1) is 0 Å². The third-order valence-corrected chi connectivity index (χ3v) is 4.75. The van der Waals surface area contributed by atoms with Gasteiger partial charge >= 0.3 is 5.97 Å². The highest BCUT2D eigenvalue weighted by Crippen LogP contribution is 2.34. The third-order valence-electron chi connectivity index (χ3n) is 4.75. The van der Waals surface area contributed by atoms with Crippen LogP contribution < -0.4 is 9.64 Å². The Morgan fingerprint density at radius 1 is 1.32 bits per heavy atom. The van der Waals surface area contributed by atoms with Gasteiger partial charge in [-0.05, 0) is 31.9 Å². The summed E-state index contributed by atoms with van der Waals surface area (Å²) in [5, 5.41) is 9.27. The van der Waals surface area contributed by atoms with E-state index in [1.54, 1.807) is 17.0 Å². The maximum atomic E-state index is 12.7. The first-order valence-electron chi connectivity index (χ1n) is 8.58. The van der Waals surface area contributed by atoms with Crippen molar-refractivity contribution in [3.05, 3.63) is 24.3 Å². The average Bonchev–Trinajstić information content (AvgIpc) is 3.22. The van der Waals surface area contributed by atoms with E-state index in [9.17, 15) is 19.5 Å². The number of nitrogens with zero attached hydrogens (tertiary/aromatic N) is 2. The van der Waals surface area contributed by atoms with Crippen LogP contribution in [0.5, 0.6) is 5.75 Å². The Morgan fingerprint density at radius 2 is 2.08 bits per heavy atom. The van der Waals surface area contributed by atoms with Crippen LogP contribution in [0.15, 0.2) is 24.3 Å². The second-order valence-corrected chi connectivity index (χ2v) is 6.33. The number of carboxylic acid groups (broad SMARTS) is 1. The number of aliphatic carboxylic acids is 1. The lowest BCUT2D eigenvalue weighted by molar-refractivity contribution is -0.149. The summed E-state index contributed by atoms with van der Waals surface area (Å²) in [5.41, 5.74) is 0.654. The van der Waals surface area contributed by atoms with Gasteiger partial charge in [-0.2, -0.15) is 0 Å². The second-order valence-electron chi connectivity index (χ2n) is 6.33. The molecule has 0 spiro atoms. The summed E-state index contributed by atoms with van der Waals surface area (Å²) in [6, 6.07) is 6.47. The summed E-state index contributed by atoms with van der Waals surface area (Å²) in [5.74, 6) is -1.27. The fraction of sp³-hybridized carbons (Fsp3) is 0.500. The topological polar surface area (TPSA) is 87.2 Å². The number of para-hydroxylation sites is 2. The van der Waals surface area contributed by atoms with Gasteiger partial charge < -0.3 is 19.6 Å². The molecule has 2 saturated heterocycles. The number of carbonyl (C=O) groups excluding carboxylic acids is 2. The summed E-state index contributed by atoms with van der Waals surface area (Å²) < 4.78 is 5.57. The van der Waals surface area contributed by atoms with Crippen molar-refractivity contribution >= 4 is 23.5 Å². The minimum Gasteiger partial charge on any atom is -0.492 e. The van der Waals surface area contributed by atoms with Crippen LogP contribution in [0.25, 0.3) is 0 Å². The number of hydrogen-bond donors (Lipinski definition) is 1. The Bertz CT molecular complexity index is 690. The number of carboxylic acids is 1. The molecule has 0 aliphatic carbocycles. The SMILES string of the molecule is CCOc1ccccc1N1CC(C(=O)N2CCCC2C(=O)O)CC1=O. The van der Waals surface area contributed by atoms with Gasteiger partial charge in [-0.3, -0.25) is 9.59 Å². The minimum absolute atomic E-state index is 0.0993. The van der Waals surface area contributed by atoms with Crippen molar-refractivity contribution in [3.8, 4) is 5.75 Å². The van der Waals surface area contributed by atoms with Crippen molar-refractivity contribution in [1.29, 1.82) is 0 Å². The number of anilines is 1. The van der Waals surface area contributed by atoms with Gasteiger partial charge in [0.25, 0.3) is 0 Å². The Morgan fingerprint density at radius 3 is 2.80 bits per heavy atom. The molecule has 25 heavy (non-hydrogen) atoms. The molecule has 7 nitrogen and oxygen atoms in total. The predicted molar refractivity (Wildman–Crippen MR) is 90.4 cm³/mol. The lowest BCUT2D eigenvalue weighted by Gasteiger charge is -2.25. The van der Waals surface area contributed by atoms with Crippen LogP contribution in [0.3, 0.4) is 0 Å². The highest BCUT2D eigenvalue weighted by molar-refractivity contribution is 6.01. The van der Waals surface area contributed by atoms with Crippen molar-refractivity contribution in [3.63, 3.8) is 0 Å². The van der Waals surface area contributed by atoms with Crippen LogP contribution in [0, 0.1) is 5.92 Å². The molecule has 3 rings (SSSR count). The first-order chi connectivity index (χ1) is 12.0. The van der Waals surface area contributed by atoms with Crippen molar-refractivity contribution in [1.82, 2.24) is 4.90 Å². The molecule has 134 valence electrons. The molecule has 0 aromatic heterocycles. The van der Waals surface area contributed by atoms with Gasteiger partial charge in [-0.1, -0.05) is 12.1 Å². The molecule has 1 aromatic carbocycles. The van der Waals surface area contributed by atoms with E-state index in [2.05, 4.69) is 0 Å². The van der Waals surface area contributed by atoms with Gasteiger partial charge in [0, 0.05) is 19.5 Å². The van der Waals surface area contributed by atoms with E-state index in [0.717, 1.165) is 0 Å². The maximum absolute atomic E-state index is 12.7. The molecule has 1 N–H and O–H groups in total. The molecule has 2 unspecified atom stereocenters. The normalized spacial score (nSPS) is 23.2. The smallest absolute Gasteiger partial charge is 0.326 e. The first-order valence-corrected chi connectivity index (χ1v) is 8.58. The molecular weight excluding hydrogens is 324 g/mol. The molecule has 2 heterocycles. The molecule has 0 bridgehead atoms. The summed E-state index contributed by atoms with van der Waals surface area (Å²) in [6.07, 6.45) is 1.25. The van der Waals surface area contributed by atoms with Crippen LogP contribution in [0.4, 0.5) is 5.69 Å². The Kier molecular flexibility index (Phi) is 4.92. The van der Waals surface area contributed by atoms with Crippen LogP contribution in [-0.4, -0.2) is 53.5 Å². The molecule has 2 atom stereocenters. The number of amides is 2. The van der Waals surface area contributed by atoms with Crippen LogP contribution in [0.2, 0.25) is 0 Å². The van der Waals surface area contributed by atoms with E-state index >= 15 is 0 Å². The lowest BCUT2D eigenvalue weighted by atomic mass is 10.1. The minimum atomic E-state index is -0.978. The quantitative estimate of drug-likeness (QED) is 0.873. The summed E-state index contributed by atoms with van der Waals surface area (Å²) in [6.45, 7) is 3.05. The van der Waals surface area contributed by atoms with Gasteiger partial charge in [0.1, 0.15) is 11.8 Å². The molecule has 0 radical (unpaired) electrons. The number of ether oxygens (including phenoxy) is 1. The molecule has 2 aliphatic rings. The third kappa shape index (κ3) is 3.31. The zero-order chi connectivity index (χ0) is 18.0. The van der Waals surface area contributed by atoms with Crippen molar-refractivity contribution < 1.29 is 24.2 Å². The monoisotopic (exact) mass is 346 g/mol. The van der Waals surface area contributed by atoms with Crippen LogP contribution in [-0.2, 0) is 14.4 Å². The van der Waals surface area contributed by atoms with Crippen molar-refractivity contribution in [2.24, 2.45) is 5.92 Å². The summed E-state index contributed by atoms with van der Waals surface area (Å²) in [7, 11) is 0. The van der Waals surface area contributed by atoms with Gasteiger partial charge in [-0.25, -0.2) is 4.79 Å². The van der Waals surface area contributed by atoms with E-state index in [1.807, 2.05) is 19.1 Å². The fourth-order valence-electron chi connectivity index (χ4n) is 3.59. The lowest BCUT2D eigenvalue weighted by Crippen LogP contribution is -2.44. The van der Waals surface area contributed by atoms with Crippen molar-refractivity contribution in [2.75, 3.05) is 24.6 Å². The standard InChI is InChI=1S/C18H22N2O5/c1-2-25-15-8-4-3-6-13(15)20-11-12(10-16(20)21)17(22)19-9-5-7-14(19)18(23)24/h3-4,6,8,12,14H,2,5,7,9-11H2,1H3,(H,23,24). The molecular formula is C18H22N2O5. The first kappa shape index (κ1) is 17.3. The molecule has 1 aromatic rings. The maximum Gasteiger partial charge on any atom is 0.326 e. The zero-order valence-corrected chi connectivity index (χ0v) is 14.2. The Balaban J connectivity index is 1.77. The molecule has 2 aliphatic heterocycles. The molecule has 2 fully saturated rings. The molecule has 7 heteroatoms. The zero-order valence-electron chi connectivity index (χ0n) is 14.2. The Labute approximate surface area is 146 Å². The van der Waals surface area contributed by atoms with Gasteiger partial charge in [0.2, 0.25) is 11.8 Å². The molecule has 2 amide bonds. The van der Waals surface area contributed by atoms with E-state index in [4.69, 9.17) is 4.74 Å². The van der Waals surface area contributed by atoms with E-state index in [0.29, 0.717) is 37.4 Å². The van der Waals surface area contributed by atoms with E-state index < -0.39 is 17.9 Å². The Hall–Kier alpha value is -2.57. The highest BCUT2D eigenvalue weighted by Gasteiger charge is 2.42. The summed E-state index contributed by atoms with van der Waals surface area (Å²) >= 11 is 0. The summed E-state index contributed by atoms with van der Waals surface area (Å²) in [4.78, 5) is 39.5. The van der Waals surface area contributed by atoms with Crippen LogP contribution >= 0.6 is 0 Å². The number of benzene rings is 1. The van der Waals surface area contributed by atoms with E-state index in [-0.39, 0.29) is 24.8 Å². The predicted octanol–water partition coefficient (Wildman–Crippen LogP) is 1.51. The second kappa shape index (κ2) is 7.13. The van der Waals surface area contributed by atoms with E-state index in [1.165, 1.54) is 4.90 Å². The fourth-order valence-corrected chi connectivity index (χ4v) is 3.59. The van der Waals surface area contributed by atoms with Crippen molar-refractivity contribution in [2.45, 2.75) is 32.2 Å². The highest BCUT2D eigenvalue weighted by atomic mass is 16.5. The average molecular weight is 346 g/mol. The van der Waals surface area contributed by atoms with Crippen LogP contribution in [0.1, 0.15) is 26.2 Å². The van der Waals surface area contributed by atoms with Gasteiger partial charge in [0.15, 0.2) is 0 Å². The largest absolute Gasteiger partial charge is 0.492 e. The number of rotatable bonds is 5. The number of likely N-dealkylation sites (tertiary alicyclic amines) is 1.